The lowest BCUT2D eigenvalue weighted by molar-refractivity contribution is 0.0340. The zero-order chi connectivity index (χ0) is 24.9. The molecule has 2 N–H and O–H groups in total. The number of carbonyl (C=O) groups is 1. The summed E-state index contributed by atoms with van der Waals surface area (Å²) in [5.41, 5.74) is 2.92. The summed E-state index contributed by atoms with van der Waals surface area (Å²) >= 11 is 3.38. The van der Waals surface area contributed by atoms with E-state index in [1.165, 1.54) is 7.11 Å². The number of aryl methyl sites for hydroxylation is 1. The van der Waals surface area contributed by atoms with Gasteiger partial charge in [0.05, 0.1) is 25.3 Å². The summed E-state index contributed by atoms with van der Waals surface area (Å²) in [6.45, 7) is 2.29. The van der Waals surface area contributed by atoms with Gasteiger partial charge in [0.1, 0.15) is 28.8 Å². The lowest BCUT2D eigenvalue weighted by Crippen LogP contribution is -2.37. The monoisotopic (exact) mass is 539 g/mol. The van der Waals surface area contributed by atoms with Crippen LogP contribution in [0.4, 0.5) is 0 Å². The predicted octanol–water partition coefficient (Wildman–Crippen LogP) is 5.19. The zero-order valence-electron chi connectivity index (χ0n) is 19.7. The fraction of sp³-hybridized carbons (Fsp3) is 0.231. The van der Waals surface area contributed by atoms with Crippen LogP contribution in [0.25, 0.3) is 11.0 Å². The third-order valence-corrected chi connectivity index (χ3v) is 6.25. The standard InChI is InChI=1S/C26H26BrN3O5/c1-16-4-11-23-18(12-16)13-24(35-23)22(15-34-28)30(14-17-5-7-19(32-2)8-6-17)26(31)21-10-9-20(27)25(29-21)33-3/h4-13,22H,14-15,28H2,1-3H3. The molecule has 1 amide bonds. The maximum absolute atomic E-state index is 13.8. The minimum atomic E-state index is -0.612. The Morgan fingerprint density at radius 1 is 1.09 bits per heavy atom. The third-order valence-electron chi connectivity index (χ3n) is 5.65. The quantitative estimate of drug-likeness (QED) is 0.292. The fourth-order valence-corrected chi connectivity index (χ4v) is 4.23. The molecule has 0 aliphatic rings. The van der Waals surface area contributed by atoms with E-state index in [0.717, 1.165) is 22.3 Å². The smallest absolute Gasteiger partial charge is 0.273 e. The van der Waals surface area contributed by atoms with E-state index < -0.39 is 6.04 Å². The summed E-state index contributed by atoms with van der Waals surface area (Å²) in [7, 11) is 3.10. The zero-order valence-corrected chi connectivity index (χ0v) is 21.2. The average molecular weight is 540 g/mol. The van der Waals surface area contributed by atoms with Gasteiger partial charge in [-0.1, -0.05) is 23.8 Å². The topological polar surface area (TPSA) is 100 Å². The summed E-state index contributed by atoms with van der Waals surface area (Å²) in [5.74, 6) is 6.78. The Morgan fingerprint density at radius 2 is 1.86 bits per heavy atom. The van der Waals surface area contributed by atoms with Crippen LogP contribution in [0.15, 0.2) is 69.6 Å². The number of carbonyl (C=O) groups excluding carboxylic acids is 1. The summed E-state index contributed by atoms with van der Waals surface area (Å²) < 4.78 is 17.4. The number of fused-ring (bicyclic) bond motifs is 1. The number of nitrogens with two attached hydrogens (primary N) is 1. The highest BCUT2D eigenvalue weighted by atomic mass is 79.9. The van der Waals surface area contributed by atoms with E-state index in [0.29, 0.717) is 21.7 Å². The molecule has 2 heterocycles. The first kappa shape index (κ1) is 24.7. The van der Waals surface area contributed by atoms with Gasteiger partial charge in [-0.25, -0.2) is 10.9 Å². The van der Waals surface area contributed by atoms with Crippen molar-refractivity contribution in [2.75, 3.05) is 20.8 Å². The number of nitrogens with zero attached hydrogens (tertiary/aromatic N) is 2. The molecule has 0 aliphatic carbocycles. The second kappa shape index (κ2) is 10.9. The molecule has 0 aliphatic heterocycles. The van der Waals surface area contributed by atoms with Gasteiger partial charge in [0.25, 0.3) is 5.91 Å². The van der Waals surface area contributed by atoms with Crippen molar-refractivity contribution in [3.63, 3.8) is 0 Å². The summed E-state index contributed by atoms with van der Waals surface area (Å²) in [6.07, 6.45) is 0. The molecule has 9 heteroatoms. The van der Waals surface area contributed by atoms with Gasteiger partial charge in [-0.05, 0) is 70.9 Å². The average Bonchev–Trinajstić information content (AvgIpc) is 3.29. The number of furan rings is 1. The number of rotatable bonds is 9. The predicted molar refractivity (Wildman–Crippen MR) is 135 cm³/mol. The fourth-order valence-electron chi connectivity index (χ4n) is 3.85. The maximum atomic E-state index is 13.8. The van der Waals surface area contributed by atoms with E-state index in [9.17, 15) is 4.79 Å². The molecule has 1 atom stereocenters. The van der Waals surface area contributed by atoms with E-state index in [1.807, 2.05) is 55.5 Å². The summed E-state index contributed by atoms with van der Waals surface area (Å²) in [6, 6.07) is 18.1. The summed E-state index contributed by atoms with van der Waals surface area (Å²) in [4.78, 5) is 24.9. The second-order valence-electron chi connectivity index (χ2n) is 8.01. The van der Waals surface area contributed by atoms with Crippen LogP contribution in [0.5, 0.6) is 11.6 Å². The first-order chi connectivity index (χ1) is 16.9. The van der Waals surface area contributed by atoms with Gasteiger partial charge in [0, 0.05) is 11.9 Å². The molecular weight excluding hydrogens is 514 g/mol. The molecule has 8 nitrogen and oxygen atoms in total. The molecule has 2 aromatic heterocycles. The van der Waals surface area contributed by atoms with Crippen LogP contribution >= 0.6 is 15.9 Å². The normalized spacial score (nSPS) is 11.9. The largest absolute Gasteiger partial charge is 0.497 e. The first-order valence-electron chi connectivity index (χ1n) is 10.9. The van der Waals surface area contributed by atoms with Gasteiger partial charge < -0.3 is 23.6 Å². The van der Waals surface area contributed by atoms with Gasteiger partial charge >= 0.3 is 0 Å². The van der Waals surface area contributed by atoms with E-state index >= 15 is 0 Å². The molecule has 0 saturated heterocycles. The maximum Gasteiger partial charge on any atom is 0.273 e. The SMILES string of the molecule is COc1ccc(CN(C(=O)c2ccc(Br)c(OC)n2)C(CON)c2cc3cc(C)ccc3o2)cc1. The Hall–Kier alpha value is -3.40. The number of pyridine rings is 1. The van der Waals surface area contributed by atoms with Gasteiger partial charge in [0.15, 0.2) is 0 Å². The van der Waals surface area contributed by atoms with Crippen LogP contribution in [-0.4, -0.2) is 36.6 Å². The van der Waals surface area contributed by atoms with Crippen LogP contribution in [0, 0.1) is 6.92 Å². The van der Waals surface area contributed by atoms with Crippen molar-refractivity contribution >= 4 is 32.8 Å². The number of amides is 1. The number of halogens is 1. The van der Waals surface area contributed by atoms with Gasteiger partial charge in [-0.3, -0.25) is 4.79 Å². The molecule has 0 fully saturated rings. The number of aromatic nitrogens is 1. The lowest BCUT2D eigenvalue weighted by atomic mass is 10.1. The Kier molecular flexibility index (Phi) is 7.70. The van der Waals surface area contributed by atoms with Crippen molar-refractivity contribution in [2.24, 2.45) is 5.90 Å². The molecule has 0 bridgehead atoms. The minimum Gasteiger partial charge on any atom is -0.497 e. The van der Waals surface area contributed by atoms with Gasteiger partial charge in [0.2, 0.25) is 5.88 Å². The van der Waals surface area contributed by atoms with Crippen LogP contribution in [0.3, 0.4) is 0 Å². The number of hydrogen-bond acceptors (Lipinski definition) is 7. The van der Waals surface area contributed by atoms with E-state index in [-0.39, 0.29) is 24.8 Å². The molecule has 0 radical (unpaired) electrons. The molecule has 0 saturated carbocycles. The Balaban J connectivity index is 1.78. The minimum absolute atomic E-state index is 0.0222. The molecular formula is C26H26BrN3O5. The van der Waals surface area contributed by atoms with Crippen molar-refractivity contribution in [2.45, 2.75) is 19.5 Å². The van der Waals surface area contributed by atoms with Crippen molar-refractivity contribution in [1.82, 2.24) is 9.88 Å². The molecule has 1 unspecified atom stereocenters. The number of hydrogen-bond donors (Lipinski definition) is 1. The Labute approximate surface area is 211 Å². The number of methoxy groups -OCH3 is 2. The Bertz CT molecular complexity index is 1320. The van der Waals surface area contributed by atoms with Crippen molar-refractivity contribution in [1.29, 1.82) is 0 Å². The molecule has 0 spiro atoms. The molecule has 35 heavy (non-hydrogen) atoms. The Morgan fingerprint density at radius 3 is 2.54 bits per heavy atom. The highest BCUT2D eigenvalue weighted by Crippen LogP contribution is 2.32. The first-order valence-corrected chi connectivity index (χ1v) is 11.7. The lowest BCUT2D eigenvalue weighted by Gasteiger charge is -2.30. The number of benzene rings is 2. The van der Waals surface area contributed by atoms with E-state index in [1.54, 1.807) is 24.1 Å². The van der Waals surface area contributed by atoms with Gasteiger partial charge in [-0.2, -0.15) is 0 Å². The van der Waals surface area contributed by atoms with Crippen LogP contribution in [-0.2, 0) is 11.4 Å². The van der Waals surface area contributed by atoms with Crippen LogP contribution in [0.1, 0.15) is 33.4 Å². The van der Waals surface area contributed by atoms with Crippen molar-refractivity contribution < 1.29 is 23.5 Å². The van der Waals surface area contributed by atoms with Crippen molar-refractivity contribution in [3.05, 3.63) is 87.7 Å². The van der Waals surface area contributed by atoms with E-state index in [2.05, 4.69) is 20.9 Å². The molecule has 2 aromatic carbocycles. The van der Waals surface area contributed by atoms with Crippen molar-refractivity contribution in [3.8, 4) is 11.6 Å². The van der Waals surface area contributed by atoms with Gasteiger partial charge in [-0.15, -0.1) is 0 Å². The summed E-state index contributed by atoms with van der Waals surface area (Å²) in [5, 5.41) is 0.933. The van der Waals surface area contributed by atoms with E-state index in [4.69, 9.17) is 24.6 Å². The number of ether oxygens (including phenoxy) is 2. The second-order valence-corrected chi connectivity index (χ2v) is 8.86. The van der Waals surface area contributed by atoms with Crippen LogP contribution in [0.2, 0.25) is 0 Å². The highest BCUT2D eigenvalue weighted by Gasteiger charge is 2.31. The molecule has 4 aromatic rings. The molecule has 182 valence electrons. The third kappa shape index (κ3) is 5.48. The van der Waals surface area contributed by atoms with Crippen LogP contribution < -0.4 is 15.4 Å². The molecule has 4 rings (SSSR count). The highest BCUT2D eigenvalue weighted by molar-refractivity contribution is 9.10.